The summed E-state index contributed by atoms with van der Waals surface area (Å²) in [6, 6.07) is 19.2. The summed E-state index contributed by atoms with van der Waals surface area (Å²) in [6.45, 7) is 1.21. The molecule has 0 radical (unpaired) electrons. The fourth-order valence-electron chi connectivity index (χ4n) is 5.87. The Labute approximate surface area is 174 Å². The van der Waals surface area contributed by atoms with Gasteiger partial charge in [0.25, 0.3) is 0 Å². The number of hydrogen-bond acceptors (Lipinski definition) is 4. The lowest BCUT2D eigenvalue weighted by molar-refractivity contribution is -0.250. The summed E-state index contributed by atoms with van der Waals surface area (Å²) in [4.78, 5) is 9.87. The first kappa shape index (κ1) is 16.9. The fraction of sp³-hybridized carbons (Fsp3) is 0.308. The van der Waals surface area contributed by atoms with E-state index in [1.165, 1.54) is 22.1 Å². The van der Waals surface area contributed by atoms with Crippen molar-refractivity contribution < 1.29 is 9.47 Å². The van der Waals surface area contributed by atoms with Gasteiger partial charge < -0.3 is 9.47 Å². The summed E-state index contributed by atoms with van der Waals surface area (Å²) in [6.07, 6.45) is 4.96. The maximum atomic E-state index is 6.57. The Bertz CT molecular complexity index is 1290. The molecule has 1 aliphatic heterocycles. The molecular formula is C26H22N2O2. The molecule has 1 fully saturated rings. The van der Waals surface area contributed by atoms with Crippen molar-refractivity contribution >= 4 is 21.8 Å². The second-order valence-electron chi connectivity index (χ2n) is 8.88. The summed E-state index contributed by atoms with van der Waals surface area (Å²) in [5.41, 5.74) is 6.94. The van der Waals surface area contributed by atoms with E-state index in [4.69, 9.17) is 14.5 Å². The van der Waals surface area contributed by atoms with Gasteiger partial charge in [-0.3, -0.25) is 4.98 Å². The molecule has 0 saturated heterocycles. The maximum Gasteiger partial charge on any atom is 0.177 e. The normalized spacial score (nSPS) is 24.0. The van der Waals surface area contributed by atoms with Gasteiger partial charge in [-0.2, -0.15) is 0 Å². The maximum absolute atomic E-state index is 6.57. The molecule has 0 unspecified atom stereocenters. The summed E-state index contributed by atoms with van der Waals surface area (Å²) in [5, 5.41) is 2.30. The molecular weight excluding hydrogens is 372 g/mol. The Morgan fingerprint density at radius 3 is 2.47 bits per heavy atom. The highest BCUT2D eigenvalue weighted by Crippen LogP contribution is 2.56. The predicted octanol–water partition coefficient (Wildman–Crippen LogP) is 5.28. The van der Waals surface area contributed by atoms with Crippen LogP contribution in [-0.2, 0) is 29.1 Å². The van der Waals surface area contributed by atoms with Crippen molar-refractivity contribution in [3.63, 3.8) is 0 Å². The molecule has 1 saturated carbocycles. The van der Waals surface area contributed by atoms with Gasteiger partial charge in [-0.25, -0.2) is 4.98 Å². The lowest BCUT2D eigenvalue weighted by atomic mass is 9.94. The van der Waals surface area contributed by atoms with Crippen LogP contribution in [0.2, 0.25) is 0 Å². The van der Waals surface area contributed by atoms with E-state index in [0.29, 0.717) is 19.1 Å². The minimum Gasteiger partial charge on any atom is -0.344 e. The highest BCUT2D eigenvalue weighted by Gasteiger charge is 2.56. The van der Waals surface area contributed by atoms with Gasteiger partial charge in [0.1, 0.15) is 0 Å². The third kappa shape index (κ3) is 2.29. The van der Waals surface area contributed by atoms with E-state index >= 15 is 0 Å². The molecule has 7 rings (SSSR count). The Morgan fingerprint density at radius 1 is 0.833 bits per heavy atom. The number of aromatic nitrogens is 2. The summed E-state index contributed by atoms with van der Waals surface area (Å²) in [5.74, 6) is 0.142. The smallest absolute Gasteiger partial charge is 0.177 e. The van der Waals surface area contributed by atoms with Gasteiger partial charge in [0.15, 0.2) is 5.79 Å². The van der Waals surface area contributed by atoms with E-state index in [9.17, 15) is 0 Å². The average Bonchev–Trinajstić information content (AvgIpc) is 3.25. The van der Waals surface area contributed by atoms with Gasteiger partial charge in [-0.15, -0.1) is 0 Å². The van der Waals surface area contributed by atoms with Crippen molar-refractivity contribution in [1.29, 1.82) is 0 Å². The molecule has 30 heavy (non-hydrogen) atoms. The van der Waals surface area contributed by atoms with Crippen LogP contribution in [0.15, 0.2) is 60.8 Å². The summed E-state index contributed by atoms with van der Waals surface area (Å²) in [7, 11) is 0. The lowest BCUT2D eigenvalue weighted by Gasteiger charge is -2.34. The second-order valence-corrected chi connectivity index (χ2v) is 8.88. The molecule has 0 N–H and O–H groups in total. The molecule has 1 spiro atoms. The highest BCUT2D eigenvalue weighted by atomic mass is 16.7. The van der Waals surface area contributed by atoms with Crippen molar-refractivity contribution in [2.45, 2.75) is 44.2 Å². The van der Waals surface area contributed by atoms with Crippen LogP contribution in [0.25, 0.3) is 21.8 Å². The molecule has 0 amide bonds. The Balaban J connectivity index is 1.37. The zero-order chi connectivity index (χ0) is 19.7. The Hall–Kier alpha value is -2.82. The first-order chi connectivity index (χ1) is 14.8. The van der Waals surface area contributed by atoms with E-state index < -0.39 is 5.79 Å². The molecule has 3 aliphatic rings. The third-order valence-corrected chi connectivity index (χ3v) is 7.32. The largest absolute Gasteiger partial charge is 0.344 e. The van der Waals surface area contributed by atoms with Crippen LogP contribution in [0.4, 0.5) is 0 Å². The van der Waals surface area contributed by atoms with E-state index in [-0.39, 0.29) is 5.92 Å². The number of rotatable bonds is 0. The van der Waals surface area contributed by atoms with Crippen molar-refractivity contribution in [3.8, 4) is 0 Å². The fourth-order valence-corrected chi connectivity index (χ4v) is 5.87. The van der Waals surface area contributed by atoms with Gasteiger partial charge in [-0.05, 0) is 47.6 Å². The molecule has 2 aliphatic carbocycles. The van der Waals surface area contributed by atoms with Crippen LogP contribution in [0.1, 0.15) is 41.1 Å². The molecule has 148 valence electrons. The molecule has 2 aromatic heterocycles. The summed E-state index contributed by atoms with van der Waals surface area (Å²) >= 11 is 0. The highest BCUT2D eigenvalue weighted by molar-refractivity contribution is 6.02. The number of ether oxygens (including phenoxy) is 2. The topological polar surface area (TPSA) is 44.2 Å². The number of hydrogen-bond donors (Lipinski definition) is 0. The molecule has 0 bridgehead atoms. The van der Waals surface area contributed by atoms with Crippen molar-refractivity contribution in [3.05, 3.63) is 83.2 Å². The lowest BCUT2D eigenvalue weighted by Crippen LogP contribution is -2.38. The van der Waals surface area contributed by atoms with Gasteiger partial charge in [-0.1, -0.05) is 42.5 Å². The zero-order valence-corrected chi connectivity index (χ0v) is 16.7. The zero-order valence-electron chi connectivity index (χ0n) is 16.7. The van der Waals surface area contributed by atoms with E-state index in [1.54, 1.807) is 0 Å². The Kier molecular flexibility index (Phi) is 3.44. The summed E-state index contributed by atoms with van der Waals surface area (Å²) < 4.78 is 13.1. The molecule has 4 heteroatoms. The minimum absolute atomic E-state index is 0.185. The van der Waals surface area contributed by atoms with Gasteiger partial charge in [0.2, 0.25) is 0 Å². The SMILES string of the molecule is c1ccc2c(c1)COC1(CC[C@@H]3Cc4cc5ccc6cccnc6c5nc4[C@@H]31)OC2. The third-order valence-electron chi connectivity index (χ3n) is 7.32. The van der Waals surface area contributed by atoms with Gasteiger partial charge in [0.05, 0.1) is 35.9 Å². The van der Waals surface area contributed by atoms with Gasteiger partial charge >= 0.3 is 0 Å². The predicted molar refractivity (Wildman–Crippen MR) is 115 cm³/mol. The first-order valence-corrected chi connectivity index (χ1v) is 10.8. The minimum atomic E-state index is -0.576. The number of pyridine rings is 2. The van der Waals surface area contributed by atoms with Crippen LogP contribution in [0.5, 0.6) is 0 Å². The van der Waals surface area contributed by atoms with Crippen LogP contribution in [-0.4, -0.2) is 15.8 Å². The molecule has 3 heterocycles. The van der Waals surface area contributed by atoms with E-state index in [2.05, 4.69) is 53.5 Å². The van der Waals surface area contributed by atoms with Crippen LogP contribution in [0.3, 0.4) is 0 Å². The van der Waals surface area contributed by atoms with Gasteiger partial charge in [0, 0.05) is 23.4 Å². The van der Waals surface area contributed by atoms with Crippen molar-refractivity contribution in [2.24, 2.45) is 5.92 Å². The van der Waals surface area contributed by atoms with Crippen LogP contribution in [0, 0.1) is 5.92 Å². The molecule has 2 atom stereocenters. The average molecular weight is 394 g/mol. The first-order valence-electron chi connectivity index (χ1n) is 10.8. The number of fused-ring (bicyclic) bond motifs is 8. The number of nitrogens with zero attached hydrogens (tertiary/aromatic N) is 2. The van der Waals surface area contributed by atoms with Crippen molar-refractivity contribution in [2.75, 3.05) is 0 Å². The van der Waals surface area contributed by atoms with E-state index in [1.807, 2.05) is 12.3 Å². The number of benzene rings is 2. The van der Waals surface area contributed by atoms with Crippen LogP contribution >= 0.6 is 0 Å². The molecule has 4 nitrogen and oxygen atoms in total. The monoisotopic (exact) mass is 394 g/mol. The molecule has 2 aromatic carbocycles. The van der Waals surface area contributed by atoms with Crippen molar-refractivity contribution in [1.82, 2.24) is 9.97 Å². The Morgan fingerprint density at radius 2 is 1.63 bits per heavy atom. The van der Waals surface area contributed by atoms with E-state index in [0.717, 1.165) is 41.4 Å². The molecule has 4 aromatic rings. The second kappa shape index (κ2) is 6.10. The quantitative estimate of drug-likeness (QED) is 0.381. The standard InChI is InChI=1S/C26H22N2O2/c1-2-5-20-15-30-26(29-14-19(20)4-1)10-9-17-12-21-13-18-8-7-16-6-3-11-27-24(16)25(18)28-23(21)22(17)26/h1-8,11,13,17,22H,9-10,12,14-15H2/t17-,22-/m1/s1. The van der Waals surface area contributed by atoms with Crippen LogP contribution < -0.4 is 0 Å².